The number of benzene rings is 1. The highest BCUT2D eigenvalue weighted by atomic mass is 79.9. The number of rotatable bonds is 5. The molecule has 5 heteroatoms. The standard InChI is InChI=1S/C13H14Br2FNO/c14-6-5-13(3-4-13)8-17-12(18)10-7-9(15)1-2-11(10)16/h1-2,7H,3-6,8H2,(H,17,18). The molecule has 1 aliphatic carbocycles. The molecular formula is C13H14Br2FNO. The lowest BCUT2D eigenvalue weighted by Gasteiger charge is -2.14. The van der Waals surface area contributed by atoms with Crippen molar-refractivity contribution < 1.29 is 9.18 Å². The first-order valence-electron chi connectivity index (χ1n) is 5.86. The molecule has 0 saturated heterocycles. The first-order chi connectivity index (χ1) is 8.56. The lowest BCUT2D eigenvalue weighted by Crippen LogP contribution is -2.31. The Hall–Kier alpha value is -0.420. The average Bonchev–Trinajstić information content (AvgIpc) is 3.10. The van der Waals surface area contributed by atoms with Gasteiger partial charge in [-0.1, -0.05) is 31.9 Å². The van der Waals surface area contributed by atoms with E-state index in [2.05, 4.69) is 37.2 Å². The molecule has 0 aliphatic heterocycles. The quantitative estimate of drug-likeness (QED) is 0.774. The second kappa shape index (κ2) is 5.70. The van der Waals surface area contributed by atoms with Crippen molar-refractivity contribution in [1.29, 1.82) is 0 Å². The molecule has 1 aromatic carbocycles. The van der Waals surface area contributed by atoms with E-state index in [4.69, 9.17) is 0 Å². The second-order valence-electron chi connectivity index (χ2n) is 4.75. The average molecular weight is 379 g/mol. The third kappa shape index (κ3) is 3.32. The molecule has 18 heavy (non-hydrogen) atoms. The topological polar surface area (TPSA) is 29.1 Å². The van der Waals surface area contributed by atoms with Crippen molar-refractivity contribution in [2.75, 3.05) is 11.9 Å². The predicted molar refractivity (Wildman–Crippen MR) is 76.5 cm³/mol. The number of carbonyl (C=O) groups excluding carboxylic acids is 1. The zero-order valence-corrected chi connectivity index (χ0v) is 13.0. The zero-order chi connectivity index (χ0) is 13.2. The van der Waals surface area contributed by atoms with Crippen molar-refractivity contribution in [3.63, 3.8) is 0 Å². The van der Waals surface area contributed by atoms with Gasteiger partial charge >= 0.3 is 0 Å². The van der Waals surface area contributed by atoms with Gasteiger partial charge in [-0.05, 0) is 42.9 Å². The van der Waals surface area contributed by atoms with Crippen molar-refractivity contribution in [3.05, 3.63) is 34.1 Å². The molecule has 0 radical (unpaired) electrons. The lowest BCUT2D eigenvalue weighted by molar-refractivity contribution is 0.0940. The Balaban J connectivity index is 1.98. The molecule has 0 unspecified atom stereocenters. The van der Waals surface area contributed by atoms with Crippen LogP contribution in [0.3, 0.4) is 0 Å². The van der Waals surface area contributed by atoms with Gasteiger partial charge in [0.05, 0.1) is 5.56 Å². The molecule has 0 aromatic heterocycles. The molecule has 2 nitrogen and oxygen atoms in total. The lowest BCUT2D eigenvalue weighted by atomic mass is 10.0. The van der Waals surface area contributed by atoms with E-state index >= 15 is 0 Å². The number of alkyl halides is 1. The monoisotopic (exact) mass is 377 g/mol. The Morgan fingerprint density at radius 2 is 2.17 bits per heavy atom. The molecule has 1 saturated carbocycles. The molecule has 1 fully saturated rings. The van der Waals surface area contributed by atoms with E-state index in [1.165, 1.54) is 12.1 Å². The Morgan fingerprint density at radius 1 is 1.44 bits per heavy atom. The maximum atomic E-state index is 13.5. The summed E-state index contributed by atoms with van der Waals surface area (Å²) in [6, 6.07) is 4.39. The van der Waals surface area contributed by atoms with Crippen LogP contribution in [-0.2, 0) is 0 Å². The van der Waals surface area contributed by atoms with Gasteiger partial charge in [-0.15, -0.1) is 0 Å². The highest BCUT2D eigenvalue weighted by molar-refractivity contribution is 9.10. The van der Waals surface area contributed by atoms with Crippen LogP contribution in [0.25, 0.3) is 0 Å². The van der Waals surface area contributed by atoms with Crippen molar-refractivity contribution >= 4 is 37.8 Å². The van der Waals surface area contributed by atoms with Crippen LogP contribution >= 0.6 is 31.9 Å². The number of amides is 1. The van der Waals surface area contributed by atoms with Gasteiger partial charge in [0.15, 0.2) is 0 Å². The summed E-state index contributed by atoms with van der Waals surface area (Å²) in [5, 5.41) is 3.77. The van der Waals surface area contributed by atoms with Gasteiger partial charge in [-0.25, -0.2) is 4.39 Å². The summed E-state index contributed by atoms with van der Waals surface area (Å²) in [6.07, 6.45) is 3.33. The molecule has 0 spiro atoms. The Labute approximate surface area is 123 Å². The first-order valence-corrected chi connectivity index (χ1v) is 7.77. The molecule has 0 atom stereocenters. The minimum atomic E-state index is -0.485. The van der Waals surface area contributed by atoms with Crippen LogP contribution in [-0.4, -0.2) is 17.8 Å². The highest BCUT2D eigenvalue weighted by Crippen LogP contribution is 2.48. The summed E-state index contributed by atoms with van der Waals surface area (Å²) in [4.78, 5) is 11.9. The molecule has 98 valence electrons. The van der Waals surface area contributed by atoms with Gasteiger partial charge in [0.1, 0.15) is 5.82 Å². The fourth-order valence-electron chi connectivity index (χ4n) is 1.93. The number of hydrogen-bond donors (Lipinski definition) is 1. The third-order valence-corrected chi connectivity index (χ3v) is 4.27. The number of halogens is 3. The van der Waals surface area contributed by atoms with Gasteiger partial charge in [-0.2, -0.15) is 0 Å². The maximum absolute atomic E-state index is 13.5. The van der Waals surface area contributed by atoms with Crippen LogP contribution in [0, 0.1) is 11.2 Å². The van der Waals surface area contributed by atoms with Crippen molar-refractivity contribution in [2.24, 2.45) is 5.41 Å². The van der Waals surface area contributed by atoms with Crippen molar-refractivity contribution in [3.8, 4) is 0 Å². The molecule has 2 rings (SSSR count). The van der Waals surface area contributed by atoms with E-state index in [1.807, 2.05) is 0 Å². The summed E-state index contributed by atoms with van der Waals surface area (Å²) in [5.74, 6) is -0.823. The fraction of sp³-hybridized carbons (Fsp3) is 0.462. The molecule has 0 bridgehead atoms. The van der Waals surface area contributed by atoms with Crippen LogP contribution in [0.2, 0.25) is 0 Å². The molecule has 0 heterocycles. The summed E-state index contributed by atoms with van der Waals surface area (Å²) in [5.41, 5.74) is 0.334. The summed E-state index contributed by atoms with van der Waals surface area (Å²) < 4.78 is 14.2. The SMILES string of the molecule is O=C(NCC1(CCBr)CC1)c1cc(Br)ccc1F. The highest BCUT2D eigenvalue weighted by Gasteiger charge is 2.41. The molecular weight excluding hydrogens is 365 g/mol. The second-order valence-corrected chi connectivity index (χ2v) is 6.45. The van der Waals surface area contributed by atoms with E-state index in [9.17, 15) is 9.18 Å². The molecule has 1 amide bonds. The summed E-state index contributed by atoms with van der Waals surface area (Å²) in [6.45, 7) is 0.628. The van der Waals surface area contributed by atoms with Gasteiger partial charge in [0, 0.05) is 16.3 Å². The normalized spacial score (nSPS) is 16.4. The first kappa shape index (κ1) is 14.0. The fourth-order valence-corrected chi connectivity index (χ4v) is 3.13. The third-order valence-electron chi connectivity index (χ3n) is 3.38. The Bertz CT molecular complexity index is 460. The maximum Gasteiger partial charge on any atom is 0.254 e. The minimum Gasteiger partial charge on any atom is -0.351 e. The zero-order valence-electron chi connectivity index (χ0n) is 9.81. The van der Waals surface area contributed by atoms with Gasteiger partial charge in [-0.3, -0.25) is 4.79 Å². The Morgan fingerprint density at radius 3 is 2.78 bits per heavy atom. The van der Waals surface area contributed by atoms with Crippen LogP contribution in [0.4, 0.5) is 4.39 Å². The number of hydrogen-bond acceptors (Lipinski definition) is 1. The van der Waals surface area contributed by atoms with Crippen molar-refractivity contribution in [2.45, 2.75) is 19.3 Å². The van der Waals surface area contributed by atoms with E-state index in [-0.39, 0.29) is 16.9 Å². The molecule has 1 aromatic rings. The summed E-state index contributed by atoms with van der Waals surface area (Å²) in [7, 11) is 0. The van der Waals surface area contributed by atoms with Crippen molar-refractivity contribution in [1.82, 2.24) is 5.32 Å². The van der Waals surface area contributed by atoms with Crippen LogP contribution in [0.1, 0.15) is 29.6 Å². The Kier molecular flexibility index (Phi) is 4.43. The molecule has 1 aliphatic rings. The van der Waals surface area contributed by atoms with Crippen LogP contribution in [0.15, 0.2) is 22.7 Å². The minimum absolute atomic E-state index is 0.0963. The molecule has 1 N–H and O–H groups in total. The number of carbonyl (C=O) groups is 1. The largest absolute Gasteiger partial charge is 0.351 e. The predicted octanol–water partition coefficient (Wildman–Crippen LogP) is 3.88. The van der Waals surface area contributed by atoms with E-state index in [0.29, 0.717) is 11.0 Å². The van der Waals surface area contributed by atoms with Gasteiger partial charge in [0.2, 0.25) is 0 Å². The smallest absolute Gasteiger partial charge is 0.254 e. The van der Waals surface area contributed by atoms with E-state index < -0.39 is 5.82 Å². The van der Waals surface area contributed by atoms with E-state index in [0.717, 1.165) is 24.6 Å². The number of nitrogens with one attached hydrogen (secondary N) is 1. The van der Waals surface area contributed by atoms with Gasteiger partial charge in [0.25, 0.3) is 5.91 Å². The summed E-state index contributed by atoms with van der Waals surface area (Å²) >= 11 is 6.66. The van der Waals surface area contributed by atoms with E-state index in [1.54, 1.807) is 6.07 Å². The van der Waals surface area contributed by atoms with Crippen LogP contribution < -0.4 is 5.32 Å². The van der Waals surface area contributed by atoms with Gasteiger partial charge < -0.3 is 5.32 Å². The van der Waals surface area contributed by atoms with Crippen LogP contribution in [0.5, 0.6) is 0 Å².